The van der Waals surface area contributed by atoms with Crippen LogP contribution in [0.25, 0.3) is 0 Å². The number of amides is 1. The molecule has 182 valence electrons. The molecule has 4 rings (SSSR count). The van der Waals surface area contributed by atoms with E-state index in [-0.39, 0.29) is 35.6 Å². The van der Waals surface area contributed by atoms with Crippen molar-refractivity contribution >= 4 is 23.2 Å². The van der Waals surface area contributed by atoms with Crippen molar-refractivity contribution in [1.29, 1.82) is 0 Å². The zero-order chi connectivity index (χ0) is 25.1. The van der Waals surface area contributed by atoms with E-state index in [9.17, 15) is 34.8 Å². The molecular formula is C25H30N2O7. The molecular weight excluding hydrogens is 440 g/mol. The van der Waals surface area contributed by atoms with E-state index in [2.05, 4.69) is 5.32 Å². The van der Waals surface area contributed by atoms with Crippen LogP contribution in [0.3, 0.4) is 0 Å². The van der Waals surface area contributed by atoms with Crippen molar-refractivity contribution < 1.29 is 34.8 Å². The molecule has 0 radical (unpaired) electrons. The van der Waals surface area contributed by atoms with Crippen LogP contribution in [0.5, 0.6) is 5.75 Å². The number of rotatable bonds is 5. The average Bonchev–Trinajstić information content (AvgIpc) is 2.75. The molecule has 34 heavy (non-hydrogen) atoms. The first-order chi connectivity index (χ1) is 15.9. The number of aryl methyl sites for hydroxylation is 1. The van der Waals surface area contributed by atoms with Gasteiger partial charge in [-0.2, -0.15) is 0 Å². The lowest BCUT2D eigenvalue weighted by molar-refractivity contribution is -0.144. The molecule has 9 nitrogen and oxygen atoms in total. The molecule has 0 aromatic heterocycles. The number of aliphatic hydroxyl groups excluding tert-OH is 2. The number of allylic oxidation sites excluding steroid dienone is 2. The minimum absolute atomic E-state index is 0.0437. The number of phenolic OH excluding ortho intramolecular Hbond substituents is 1. The van der Waals surface area contributed by atoms with Gasteiger partial charge in [0.25, 0.3) is 5.91 Å². The number of aromatic hydroxyl groups is 1. The lowest BCUT2D eigenvalue weighted by atomic mass is 9.60. The third-order valence-electron chi connectivity index (χ3n) is 7.24. The standard InChI is InChI=1S/C25H30N2O7/c1-4-11-7-15(27-9-10(2)3)20(29)18-14(11)6-12-5-13-8-16(28)19(24(26)33)23(32)25(13,34)22(31)17(12)21(18)30/h7,10,12-13,27-29,31,34H,4-6,8-9H2,1-3H3,(H2,26,33)/t12-,13+,25+/m1/s1. The summed E-state index contributed by atoms with van der Waals surface area (Å²) >= 11 is 0. The van der Waals surface area contributed by atoms with Crippen molar-refractivity contribution in [1.82, 2.24) is 0 Å². The Kier molecular flexibility index (Phi) is 5.72. The minimum Gasteiger partial charge on any atom is -0.511 e. The molecule has 0 saturated heterocycles. The predicted octanol–water partition coefficient (Wildman–Crippen LogP) is 2.21. The first-order valence-corrected chi connectivity index (χ1v) is 11.5. The number of primary amides is 1. The van der Waals surface area contributed by atoms with Crippen LogP contribution < -0.4 is 11.1 Å². The maximum atomic E-state index is 13.7. The number of carbonyl (C=O) groups is 3. The van der Waals surface area contributed by atoms with Crippen LogP contribution in [0.4, 0.5) is 5.69 Å². The molecule has 3 aliphatic carbocycles. The number of nitrogens with two attached hydrogens (primary N) is 1. The summed E-state index contributed by atoms with van der Waals surface area (Å²) in [6, 6.07) is 1.83. The second kappa shape index (κ2) is 8.16. The molecule has 3 aliphatic rings. The average molecular weight is 471 g/mol. The number of Topliss-reactive ketones (excluding diaryl/α,β-unsaturated/α-hetero) is 2. The normalized spacial score (nSPS) is 26.4. The van der Waals surface area contributed by atoms with Crippen molar-refractivity contribution in [2.45, 2.75) is 52.1 Å². The molecule has 1 aromatic carbocycles. The summed E-state index contributed by atoms with van der Waals surface area (Å²) in [4.78, 5) is 38.4. The van der Waals surface area contributed by atoms with Crippen LogP contribution in [-0.4, -0.2) is 50.0 Å². The number of aliphatic hydroxyl groups is 3. The Hall–Kier alpha value is -3.33. The summed E-state index contributed by atoms with van der Waals surface area (Å²) < 4.78 is 0. The third-order valence-corrected chi connectivity index (χ3v) is 7.24. The Morgan fingerprint density at radius 3 is 2.50 bits per heavy atom. The number of anilines is 1. The van der Waals surface area contributed by atoms with Crippen LogP contribution in [0.15, 0.2) is 28.7 Å². The van der Waals surface area contributed by atoms with Gasteiger partial charge in [-0.1, -0.05) is 20.8 Å². The number of phenols is 1. The van der Waals surface area contributed by atoms with Gasteiger partial charge in [-0.15, -0.1) is 0 Å². The lowest BCUT2D eigenvalue weighted by Crippen LogP contribution is -2.57. The number of carbonyl (C=O) groups excluding carboxylic acids is 3. The van der Waals surface area contributed by atoms with Gasteiger partial charge in [0.15, 0.2) is 11.4 Å². The molecule has 3 atom stereocenters. The highest BCUT2D eigenvalue weighted by molar-refractivity contribution is 6.24. The highest BCUT2D eigenvalue weighted by Gasteiger charge is 2.59. The molecule has 0 spiro atoms. The number of fused-ring (bicyclic) bond motifs is 3. The Morgan fingerprint density at radius 2 is 1.91 bits per heavy atom. The predicted molar refractivity (Wildman–Crippen MR) is 124 cm³/mol. The van der Waals surface area contributed by atoms with Gasteiger partial charge in [0.05, 0.1) is 11.3 Å². The molecule has 1 aromatic rings. The number of benzene rings is 1. The topological polar surface area (TPSA) is 170 Å². The van der Waals surface area contributed by atoms with Gasteiger partial charge in [-0.25, -0.2) is 0 Å². The number of nitrogens with one attached hydrogen (secondary N) is 1. The van der Waals surface area contributed by atoms with Crippen molar-refractivity contribution in [3.05, 3.63) is 45.4 Å². The Morgan fingerprint density at radius 1 is 1.24 bits per heavy atom. The number of ketones is 2. The van der Waals surface area contributed by atoms with Crippen molar-refractivity contribution in [2.24, 2.45) is 23.5 Å². The quantitative estimate of drug-likeness (QED) is 0.281. The fourth-order valence-electron chi connectivity index (χ4n) is 5.53. The summed E-state index contributed by atoms with van der Waals surface area (Å²) in [5.74, 6) is -5.88. The summed E-state index contributed by atoms with van der Waals surface area (Å²) in [7, 11) is 0. The Labute approximate surface area is 197 Å². The molecule has 0 fully saturated rings. The molecule has 0 unspecified atom stereocenters. The van der Waals surface area contributed by atoms with Crippen LogP contribution >= 0.6 is 0 Å². The molecule has 9 heteroatoms. The highest BCUT2D eigenvalue weighted by atomic mass is 16.3. The Balaban J connectivity index is 1.87. The van der Waals surface area contributed by atoms with E-state index in [0.29, 0.717) is 30.6 Å². The van der Waals surface area contributed by atoms with Crippen LogP contribution in [-0.2, 0) is 22.4 Å². The monoisotopic (exact) mass is 470 g/mol. The lowest BCUT2D eigenvalue weighted by Gasteiger charge is -2.45. The maximum absolute atomic E-state index is 13.7. The first-order valence-electron chi connectivity index (χ1n) is 11.5. The minimum atomic E-state index is -2.55. The smallest absolute Gasteiger partial charge is 0.255 e. The van der Waals surface area contributed by atoms with Crippen LogP contribution in [0.1, 0.15) is 55.1 Å². The van der Waals surface area contributed by atoms with E-state index in [1.54, 1.807) is 0 Å². The maximum Gasteiger partial charge on any atom is 0.255 e. The summed E-state index contributed by atoms with van der Waals surface area (Å²) in [6.45, 7) is 6.53. The van der Waals surface area contributed by atoms with Crippen LogP contribution in [0, 0.1) is 17.8 Å². The van der Waals surface area contributed by atoms with Gasteiger partial charge in [0.2, 0.25) is 5.78 Å². The molecule has 1 amide bonds. The zero-order valence-corrected chi connectivity index (χ0v) is 19.4. The first kappa shape index (κ1) is 23.8. The van der Waals surface area contributed by atoms with Crippen LogP contribution in [0.2, 0.25) is 0 Å². The number of hydrogen-bond acceptors (Lipinski definition) is 8. The summed E-state index contributed by atoms with van der Waals surface area (Å²) in [5, 5.41) is 46.8. The van der Waals surface area contributed by atoms with Crippen molar-refractivity contribution in [3.63, 3.8) is 0 Å². The fraction of sp³-hybridized carbons (Fsp3) is 0.480. The van der Waals surface area contributed by atoms with Gasteiger partial charge in [0, 0.05) is 24.5 Å². The summed E-state index contributed by atoms with van der Waals surface area (Å²) in [6.07, 6.45) is 0.816. The SMILES string of the molecule is CCc1cc(NCC(C)C)c(O)c2c1C[C@H]1C[C@H]3CC(O)=C(C(N)=O)C(=O)[C@@]3(O)C(O)=C1C2=O. The molecule has 0 heterocycles. The zero-order valence-electron chi connectivity index (χ0n) is 19.4. The Bertz CT molecular complexity index is 1180. The van der Waals surface area contributed by atoms with E-state index in [1.165, 1.54) is 0 Å². The second-order valence-corrected chi connectivity index (χ2v) is 9.82. The highest BCUT2D eigenvalue weighted by Crippen LogP contribution is 2.52. The van der Waals surface area contributed by atoms with E-state index < -0.39 is 52.0 Å². The van der Waals surface area contributed by atoms with Gasteiger partial charge < -0.3 is 31.5 Å². The molecule has 0 aliphatic heterocycles. The van der Waals surface area contributed by atoms with E-state index in [4.69, 9.17) is 5.73 Å². The van der Waals surface area contributed by atoms with E-state index >= 15 is 0 Å². The number of hydrogen-bond donors (Lipinski definition) is 6. The second-order valence-electron chi connectivity index (χ2n) is 9.82. The fourth-order valence-corrected chi connectivity index (χ4v) is 5.53. The van der Waals surface area contributed by atoms with Crippen molar-refractivity contribution in [2.75, 3.05) is 11.9 Å². The van der Waals surface area contributed by atoms with Gasteiger partial charge in [-0.3, -0.25) is 14.4 Å². The summed E-state index contributed by atoms with van der Waals surface area (Å²) in [5.41, 5.74) is 3.75. The van der Waals surface area contributed by atoms with E-state index in [0.717, 1.165) is 5.56 Å². The van der Waals surface area contributed by atoms with Gasteiger partial charge in [0.1, 0.15) is 22.8 Å². The molecule has 7 N–H and O–H groups in total. The largest absolute Gasteiger partial charge is 0.511 e. The van der Waals surface area contributed by atoms with Gasteiger partial charge in [-0.05, 0) is 48.3 Å². The van der Waals surface area contributed by atoms with Crippen molar-refractivity contribution in [3.8, 4) is 5.75 Å². The molecule has 0 saturated carbocycles. The van der Waals surface area contributed by atoms with Gasteiger partial charge >= 0.3 is 0 Å². The third kappa shape index (κ3) is 3.29. The van der Waals surface area contributed by atoms with E-state index in [1.807, 2.05) is 26.8 Å². The molecule has 0 bridgehead atoms.